The summed E-state index contributed by atoms with van der Waals surface area (Å²) in [6, 6.07) is 11.0. The van der Waals surface area contributed by atoms with Gasteiger partial charge in [-0.15, -0.1) is 0 Å². The normalized spacial score (nSPS) is 15.7. The molecule has 4 N–H and O–H groups in total. The molecule has 1 aliphatic heterocycles. The molecule has 0 atom stereocenters. The van der Waals surface area contributed by atoms with E-state index in [1.165, 1.54) is 30.5 Å². The highest BCUT2D eigenvalue weighted by molar-refractivity contribution is 6.07. The van der Waals surface area contributed by atoms with Gasteiger partial charge in [-0.3, -0.25) is 9.69 Å². The van der Waals surface area contributed by atoms with Gasteiger partial charge in [-0.2, -0.15) is 0 Å². The number of hydrogen-bond donors (Lipinski definition) is 3. The summed E-state index contributed by atoms with van der Waals surface area (Å²) in [6.07, 6.45) is 6.59. The Hall–Kier alpha value is -3.28. The molecule has 0 spiro atoms. The third kappa shape index (κ3) is 3.14. The summed E-state index contributed by atoms with van der Waals surface area (Å²) in [6.45, 7) is 0.581. The van der Waals surface area contributed by atoms with Crippen LogP contribution in [0.15, 0.2) is 36.4 Å². The third-order valence-corrected chi connectivity index (χ3v) is 6.12. The summed E-state index contributed by atoms with van der Waals surface area (Å²) in [5, 5.41) is 4.12. The maximum Gasteiger partial charge on any atom is 0.319 e. The number of H-pyrrole nitrogens is 1. The Morgan fingerprint density at radius 2 is 1.86 bits per heavy atom. The number of amides is 3. The molecule has 3 aromatic rings. The van der Waals surface area contributed by atoms with E-state index in [1.807, 2.05) is 36.4 Å². The van der Waals surface area contributed by atoms with Crippen molar-refractivity contribution in [2.45, 2.75) is 38.5 Å². The highest BCUT2D eigenvalue weighted by atomic mass is 16.2. The Labute approximate surface area is 169 Å². The van der Waals surface area contributed by atoms with Gasteiger partial charge in [0.15, 0.2) is 0 Å². The Morgan fingerprint density at radius 3 is 2.72 bits per heavy atom. The standard InChI is InChI=1S/C23H24N4O2/c24-23(29)27-11-10-14-6-8-16(13-21(14)27)25-22(28)15-7-9-20-18(12-15)17-4-2-1-3-5-19(17)26-20/h6-9,12-13,26H,1-5,10-11H2,(H2,24,29)(H,25,28). The molecule has 1 aliphatic carbocycles. The summed E-state index contributed by atoms with van der Waals surface area (Å²) < 4.78 is 0. The lowest BCUT2D eigenvalue weighted by molar-refractivity contribution is 0.102. The molecule has 0 saturated carbocycles. The first kappa shape index (κ1) is 17.8. The van der Waals surface area contributed by atoms with E-state index in [2.05, 4.69) is 10.3 Å². The summed E-state index contributed by atoms with van der Waals surface area (Å²) in [5.74, 6) is -0.154. The van der Waals surface area contributed by atoms with E-state index in [4.69, 9.17) is 5.73 Å². The van der Waals surface area contributed by atoms with Crippen LogP contribution in [0.25, 0.3) is 10.9 Å². The van der Waals surface area contributed by atoms with Crippen molar-refractivity contribution in [3.05, 3.63) is 58.8 Å². The first-order chi connectivity index (χ1) is 14.1. The minimum Gasteiger partial charge on any atom is -0.358 e. The van der Waals surface area contributed by atoms with Gasteiger partial charge < -0.3 is 16.0 Å². The zero-order valence-corrected chi connectivity index (χ0v) is 16.3. The van der Waals surface area contributed by atoms with Crippen LogP contribution in [0, 0.1) is 0 Å². The SMILES string of the molecule is NC(=O)N1CCc2ccc(NC(=O)c3ccc4[nH]c5c(c4c3)CCCCC5)cc21. The molecule has 6 heteroatoms. The summed E-state index contributed by atoms with van der Waals surface area (Å²) in [5.41, 5.74) is 12.4. The van der Waals surface area contributed by atoms with Crippen LogP contribution in [0.2, 0.25) is 0 Å². The first-order valence-electron chi connectivity index (χ1n) is 10.2. The predicted molar refractivity (Wildman–Crippen MR) is 115 cm³/mol. The Morgan fingerprint density at radius 1 is 1.00 bits per heavy atom. The van der Waals surface area contributed by atoms with Crippen molar-refractivity contribution in [1.29, 1.82) is 0 Å². The van der Waals surface area contributed by atoms with Crippen LogP contribution in [0.4, 0.5) is 16.2 Å². The van der Waals surface area contributed by atoms with Crippen molar-refractivity contribution in [3.8, 4) is 0 Å². The number of aryl methyl sites for hydroxylation is 2. The van der Waals surface area contributed by atoms with Gasteiger partial charge in [-0.1, -0.05) is 12.5 Å². The van der Waals surface area contributed by atoms with E-state index >= 15 is 0 Å². The lowest BCUT2D eigenvalue weighted by atomic mass is 10.0. The fourth-order valence-corrected chi connectivity index (χ4v) is 4.61. The number of carbonyl (C=O) groups excluding carboxylic acids is 2. The third-order valence-electron chi connectivity index (χ3n) is 6.12. The van der Waals surface area contributed by atoms with Crippen molar-refractivity contribution in [2.24, 2.45) is 5.73 Å². The molecule has 5 rings (SSSR count). The molecule has 0 bridgehead atoms. The van der Waals surface area contributed by atoms with Gasteiger partial charge in [0.1, 0.15) is 0 Å². The van der Waals surface area contributed by atoms with Crippen molar-refractivity contribution >= 4 is 34.2 Å². The van der Waals surface area contributed by atoms with Crippen LogP contribution in [0.5, 0.6) is 0 Å². The zero-order valence-electron chi connectivity index (χ0n) is 16.3. The second-order valence-corrected chi connectivity index (χ2v) is 7.94. The Balaban J connectivity index is 1.43. The van der Waals surface area contributed by atoms with Gasteiger partial charge in [-0.25, -0.2) is 4.79 Å². The molecule has 0 unspecified atom stereocenters. The average Bonchev–Trinajstić information content (AvgIpc) is 3.20. The van der Waals surface area contributed by atoms with Crippen LogP contribution in [0.3, 0.4) is 0 Å². The van der Waals surface area contributed by atoms with E-state index in [1.54, 1.807) is 4.90 Å². The number of aromatic nitrogens is 1. The zero-order chi connectivity index (χ0) is 20.0. The van der Waals surface area contributed by atoms with Crippen molar-refractivity contribution < 1.29 is 9.59 Å². The average molecular weight is 388 g/mol. The molecule has 2 heterocycles. The van der Waals surface area contributed by atoms with Gasteiger partial charge in [0.25, 0.3) is 5.91 Å². The summed E-state index contributed by atoms with van der Waals surface area (Å²) in [4.78, 5) is 29.6. The number of urea groups is 1. The molecule has 2 aromatic carbocycles. The number of fused-ring (bicyclic) bond motifs is 4. The van der Waals surface area contributed by atoms with Gasteiger partial charge in [0.05, 0.1) is 5.69 Å². The lowest BCUT2D eigenvalue weighted by Gasteiger charge is -2.15. The van der Waals surface area contributed by atoms with E-state index in [0.29, 0.717) is 17.8 Å². The Kier molecular flexibility index (Phi) is 4.27. The van der Waals surface area contributed by atoms with Crippen molar-refractivity contribution in [1.82, 2.24) is 4.98 Å². The van der Waals surface area contributed by atoms with Gasteiger partial charge >= 0.3 is 6.03 Å². The van der Waals surface area contributed by atoms with Gasteiger partial charge in [0, 0.05) is 34.4 Å². The molecule has 2 aliphatic rings. The predicted octanol–water partition coefficient (Wildman–Crippen LogP) is 4.13. The second kappa shape index (κ2) is 6.95. The van der Waals surface area contributed by atoms with Crippen LogP contribution in [0.1, 0.15) is 46.4 Å². The topological polar surface area (TPSA) is 91.2 Å². The monoisotopic (exact) mass is 388 g/mol. The van der Waals surface area contributed by atoms with Gasteiger partial charge in [0.2, 0.25) is 0 Å². The highest BCUT2D eigenvalue weighted by Crippen LogP contribution is 2.32. The molecule has 0 radical (unpaired) electrons. The fourth-order valence-electron chi connectivity index (χ4n) is 4.61. The number of nitrogens with one attached hydrogen (secondary N) is 2. The number of nitrogens with zero attached hydrogens (tertiary/aromatic N) is 1. The van der Waals surface area contributed by atoms with E-state index in [0.717, 1.165) is 41.4 Å². The molecule has 1 aromatic heterocycles. The number of aromatic amines is 1. The maximum absolute atomic E-state index is 12.9. The largest absolute Gasteiger partial charge is 0.358 e. The smallest absolute Gasteiger partial charge is 0.319 e. The molecule has 148 valence electrons. The minimum atomic E-state index is -0.467. The van der Waals surface area contributed by atoms with Crippen LogP contribution >= 0.6 is 0 Å². The number of benzene rings is 2. The molecule has 29 heavy (non-hydrogen) atoms. The van der Waals surface area contributed by atoms with E-state index in [9.17, 15) is 9.59 Å². The van der Waals surface area contributed by atoms with E-state index in [-0.39, 0.29) is 5.91 Å². The van der Waals surface area contributed by atoms with Crippen LogP contribution < -0.4 is 16.0 Å². The van der Waals surface area contributed by atoms with Crippen molar-refractivity contribution in [3.63, 3.8) is 0 Å². The number of nitrogens with two attached hydrogens (primary N) is 1. The van der Waals surface area contributed by atoms with Crippen molar-refractivity contribution in [2.75, 3.05) is 16.8 Å². The molecule has 0 fully saturated rings. The summed E-state index contributed by atoms with van der Waals surface area (Å²) >= 11 is 0. The molecule has 3 amide bonds. The molecular formula is C23H24N4O2. The fraction of sp³-hybridized carbons (Fsp3) is 0.304. The van der Waals surface area contributed by atoms with Crippen LogP contribution in [-0.4, -0.2) is 23.5 Å². The molecular weight excluding hydrogens is 364 g/mol. The lowest BCUT2D eigenvalue weighted by Crippen LogP contribution is -2.34. The minimum absolute atomic E-state index is 0.154. The van der Waals surface area contributed by atoms with Crippen LogP contribution in [-0.2, 0) is 19.3 Å². The number of carbonyl (C=O) groups is 2. The highest BCUT2D eigenvalue weighted by Gasteiger charge is 2.23. The maximum atomic E-state index is 12.9. The molecule has 0 saturated heterocycles. The van der Waals surface area contributed by atoms with Gasteiger partial charge in [-0.05, 0) is 73.6 Å². The quantitative estimate of drug-likeness (QED) is 0.576. The number of primary amides is 1. The Bertz CT molecular complexity index is 1130. The molecule has 6 nitrogen and oxygen atoms in total. The summed E-state index contributed by atoms with van der Waals surface area (Å²) in [7, 11) is 0. The number of anilines is 2. The number of rotatable bonds is 2. The first-order valence-corrected chi connectivity index (χ1v) is 10.2. The number of hydrogen-bond acceptors (Lipinski definition) is 2. The second-order valence-electron chi connectivity index (χ2n) is 7.94. The van der Waals surface area contributed by atoms with E-state index < -0.39 is 6.03 Å².